The standard InChI is InChI=1S/C22H22BrF5N6O2/c1-10-6-7-29-17(23)16(10)32-21-31-14-8-13(20(33-18(14)34-21)36-9-15(24)25)19(35)30-12-4-2-11(3-5-12)22(26,27)28/h6-8,11-12,15H,2-5,9H2,1H3,(H,30,35)(H2,31,32,33,34). The highest BCUT2D eigenvalue weighted by Gasteiger charge is 2.41. The van der Waals surface area contributed by atoms with Crippen molar-refractivity contribution in [2.45, 2.75) is 51.3 Å². The molecule has 1 fully saturated rings. The number of carbonyl (C=O) groups excluding carboxylic acids is 1. The molecular formula is C22H22BrF5N6O2. The molecule has 3 heterocycles. The molecule has 1 aliphatic carbocycles. The number of pyridine rings is 2. The number of aryl methyl sites for hydroxylation is 1. The van der Waals surface area contributed by atoms with Crippen LogP contribution in [0.25, 0.3) is 11.2 Å². The Morgan fingerprint density at radius 1 is 1.25 bits per heavy atom. The average molecular weight is 577 g/mol. The first-order valence-electron chi connectivity index (χ1n) is 11.1. The number of imidazole rings is 1. The summed E-state index contributed by atoms with van der Waals surface area (Å²) < 4.78 is 70.1. The summed E-state index contributed by atoms with van der Waals surface area (Å²) in [5, 5.41) is 5.74. The van der Waals surface area contributed by atoms with Gasteiger partial charge in [0.25, 0.3) is 12.3 Å². The van der Waals surface area contributed by atoms with E-state index in [4.69, 9.17) is 4.74 Å². The average Bonchev–Trinajstić information content (AvgIpc) is 3.20. The van der Waals surface area contributed by atoms with Gasteiger partial charge in [-0.2, -0.15) is 18.2 Å². The highest BCUT2D eigenvalue weighted by atomic mass is 79.9. The lowest BCUT2D eigenvalue weighted by Gasteiger charge is -2.30. The normalized spacial score (nSPS) is 18.4. The molecule has 8 nitrogen and oxygen atoms in total. The fourth-order valence-electron chi connectivity index (χ4n) is 4.02. The van der Waals surface area contributed by atoms with E-state index in [1.807, 2.05) is 6.92 Å². The number of H-pyrrole nitrogens is 1. The van der Waals surface area contributed by atoms with Gasteiger partial charge in [-0.15, -0.1) is 0 Å². The number of carbonyl (C=O) groups is 1. The van der Waals surface area contributed by atoms with E-state index in [9.17, 15) is 26.7 Å². The Labute approximate surface area is 210 Å². The lowest BCUT2D eigenvalue weighted by molar-refractivity contribution is -0.182. The van der Waals surface area contributed by atoms with Gasteiger partial charge in [0.1, 0.15) is 15.7 Å². The van der Waals surface area contributed by atoms with Crippen molar-refractivity contribution in [3.05, 3.63) is 34.1 Å². The first kappa shape index (κ1) is 26.0. The Morgan fingerprint density at radius 2 is 1.97 bits per heavy atom. The quantitative estimate of drug-likeness (QED) is 0.247. The summed E-state index contributed by atoms with van der Waals surface area (Å²) in [6, 6.07) is 2.64. The van der Waals surface area contributed by atoms with Crippen LogP contribution in [-0.4, -0.2) is 51.1 Å². The summed E-state index contributed by atoms with van der Waals surface area (Å²) in [5.74, 6) is -2.16. The highest BCUT2D eigenvalue weighted by Crippen LogP contribution is 2.37. The molecule has 3 aromatic heterocycles. The molecule has 0 spiro atoms. The zero-order valence-corrected chi connectivity index (χ0v) is 20.5. The van der Waals surface area contributed by atoms with E-state index in [1.165, 1.54) is 6.07 Å². The molecule has 1 saturated carbocycles. The van der Waals surface area contributed by atoms with Gasteiger partial charge in [0.2, 0.25) is 11.8 Å². The molecule has 0 atom stereocenters. The van der Waals surface area contributed by atoms with Crippen molar-refractivity contribution in [2.75, 3.05) is 11.9 Å². The number of nitrogens with zero attached hydrogens (tertiary/aromatic N) is 3. The van der Waals surface area contributed by atoms with E-state index in [0.29, 0.717) is 10.3 Å². The van der Waals surface area contributed by atoms with Crippen LogP contribution in [0.5, 0.6) is 5.88 Å². The Balaban J connectivity index is 1.57. The van der Waals surface area contributed by atoms with Crippen molar-refractivity contribution >= 4 is 44.6 Å². The largest absolute Gasteiger partial charge is 0.471 e. The van der Waals surface area contributed by atoms with Crippen LogP contribution in [0.2, 0.25) is 0 Å². The number of hydrogen-bond donors (Lipinski definition) is 3. The first-order valence-corrected chi connectivity index (χ1v) is 11.9. The van der Waals surface area contributed by atoms with E-state index in [-0.39, 0.29) is 54.2 Å². The number of ether oxygens (including phenoxy) is 1. The van der Waals surface area contributed by atoms with Crippen molar-refractivity contribution in [1.82, 2.24) is 25.3 Å². The van der Waals surface area contributed by atoms with E-state index >= 15 is 0 Å². The number of halogens is 6. The Hall–Kier alpha value is -3.03. The van der Waals surface area contributed by atoms with Gasteiger partial charge < -0.3 is 20.4 Å². The zero-order chi connectivity index (χ0) is 26.0. The molecule has 14 heteroatoms. The summed E-state index contributed by atoms with van der Waals surface area (Å²) in [6.07, 6.45) is -5.35. The number of nitrogens with one attached hydrogen (secondary N) is 3. The maximum atomic E-state index is 13.0. The highest BCUT2D eigenvalue weighted by molar-refractivity contribution is 9.10. The summed E-state index contributed by atoms with van der Waals surface area (Å²) >= 11 is 3.35. The van der Waals surface area contributed by atoms with Gasteiger partial charge in [0, 0.05) is 12.2 Å². The summed E-state index contributed by atoms with van der Waals surface area (Å²) in [6.45, 7) is 0.868. The third-order valence-electron chi connectivity index (χ3n) is 5.91. The molecule has 4 rings (SSSR count). The minimum absolute atomic E-state index is 0.0990. The molecule has 0 aromatic carbocycles. The van der Waals surface area contributed by atoms with E-state index in [1.54, 1.807) is 12.3 Å². The van der Waals surface area contributed by atoms with Crippen molar-refractivity contribution < 1.29 is 31.5 Å². The predicted molar refractivity (Wildman–Crippen MR) is 125 cm³/mol. The molecule has 1 aliphatic rings. The van der Waals surface area contributed by atoms with Gasteiger partial charge in [0.15, 0.2) is 12.3 Å². The van der Waals surface area contributed by atoms with Gasteiger partial charge in [-0.1, -0.05) is 0 Å². The number of alkyl halides is 5. The van der Waals surface area contributed by atoms with Crippen molar-refractivity contribution in [1.29, 1.82) is 0 Å². The fraction of sp³-hybridized carbons (Fsp3) is 0.455. The van der Waals surface area contributed by atoms with Crippen LogP contribution in [0.4, 0.5) is 33.6 Å². The third-order valence-corrected chi connectivity index (χ3v) is 6.51. The van der Waals surface area contributed by atoms with Crippen molar-refractivity contribution in [2.24, 2.45) is 5.92 Å². The lowest BCUT2D eigenvalue weighted by Crippen LogP contribution is -2.40. The molecule has 0 radical (unpaired) electrons. The number of fused-ring (bicyclic) bond motifs is 1. The second-order valence-electron chi connectivity index (χ2n) is 8.48. The topological polar surface area (TPSA) is 105 Å². The van der Waals surface area contributed by atoms with Gasteiger partial charge in [-0.05, 0) is 66.2 Å². The Bertz CT molecular complexity index is 1220. The molecule has 3 N–H and O–H groups in total. The molecule has 0 bridgehead atoms. The molecule has 0 unspecified atom stereocenters. The van der Waals surface area contributed by atoms with Gasteiger partial charge in [-0.25, -0.2) is 18.7 Å². The molecule has 36 heavy (non-hydrogen) atoms. The van der Waals surface area contributed by atoms with Gasteiger partial charge in [-0.3, -0.25) is 4.79 Å². The maximum absolute atomic E-state index is 13.0. The zero-order valence-electron chi connectivity index (χ0n) is 18.9. The van der Waals surface area contributed by atoms with Crippen LogP contribution in [0.1, 0.15) is 41.6 Å². The van der Waals surface area contributed by atoms with Crippen LogP contribution in [-0.2, 0) is 0 Å². The smallest absolute Gasteiger partial charge is 0.391 e. The number of anilines is 2. The monoisotopic (exact) mass is 576 g/mol. The van der Waals surface area contributed by atoms with Crippen LogP contribution in [0.15, 0.2) is 22.9 Å². The maximum Gasteiger partial charge on any atom is 0.391 e. The van der Waals surface area contributed by atoms with Crippen LogP contribution in [0, 0.1) is 12.8 Å². The number of aromatic amines is 1. The second kappa shape index (κ2) is 10.5. The fourth-order valence-corrected chi connectivity index (χ4v) is 4.55. The SMILES string of the molecule is Cc1ccnc(Br)c1Nc1nc2cc(C(=O)NC3CCC(C(F)(F)F)CC3)c(OCC(F)F)nc2[nH]1. The molecule has 3 aromatic rings. The minimum atomic E-state index is -4.27. The third kappa shape index (κ3) is 6.02. The summed E-state index contributed by atoms with van der Waals surface area (Å²) in [4.78, 5) is 28.6. The summed E-state index contributed by atoms with van der Waals surface area (Å²) in [5.41, 5.74) is 1.80. The number of amides is 1. The van der Waals surface area contributed by atoms with E-state index in [2.05, 4.69) is 46.5 Å². The lowest BCUT2D eigenvalue weighted by atomic mass is 9.85. The van der Waals surface area contributed by atoms with E-state index in [0.717, 1.165) is 5.56 Å². The Morgan fingerprint density at radius 3 is 2.61 bits per heavy atom. The molecular weight excluding hydrogens is 555 g/mol. The first-order chi connectivity index (χ1) is 17.0. The predicted octanol–water partition coefficient (Wildman–Crippen LogP) is 5.66. The number of hydrogen-bond acceptors (Lipinski definition) is 6. The molecule has 0 saturated heterocycles. The van der Waals surface area contributed by atoms with E-state index < -0.39 is 37.1 Å². The van der Waals surface area contributed by atoms with Crippen molar-refractivity contribution in [3.8, 4) is 5.88 Å². The second-order valence-corrected chi connectivity index (χ2v) is 9.23. The minimum Gasteiger partial charge on any atom is -0.471 e. The van der Waals surface area contributed by atoms with Gasteiger partial charge >= 0.3 is 6.18 Å². The van der Waals surface area contributed by atoms with Crippen molar-refractivity contribution in [3.63, 3.8) is 0 Å². The molecule has 194 valence electrons. The Kier molecular flexibility index (Phi) is 7.62. The van der Waals surface area contributed by atoms with Crippen LogP contribution in [0.3, 0.4) is 0 Å². The van der Waals surface area contributed by atoms with Crippen LogP contribution >= 0.6 is 15.9 Å². The summed E-state index contributed by atoms with van der Waals surface area (Å²) in [7, 11) is 0. The van der Waals surface area contributed by atoms with Gasteiger partial charge in [0.05, 0.1) is 11.6 Å². The van der Waals surface area contributed by atoms with Crippen LogP contribution < -0.4 is 15.4 Å². The number of rotatable bonds is 7. The molecule has 0 aliphatic heterocycles. The molecule has 1 amide bonds. The number of aromatic nitrogens is 4.